The molecule has 2 aliphatic rings. The fourth-order valence-corrected chi connectivity index (χ4v) is 2.68. The number of rotatable bonds is 1. The summed E-state index contributed by atoms with van der Waals surface area (Å²) in [6, 6.07) is 8.66. The molecule has 0 unspecified atom stereocenters. The molecule has 2 heteroatoms. The number of carbonyl (C=O) groups is 1. The van der Waals surface area contributed by atoms with Crippen molar-refractivity contribution in [3.63, 3.8) is 0 Å². The SMILES string of the molecule is O=C(C1CC1)N1CCCc2ccccc2CC1. The van der Waals surface area contributed by atoms with Crippen LogP contribution in [-0.2, 0) is 17.6 Å². The quantitative estimate of drug-likeness (QED) is 0.724. The summed E-state index contributed by atoms with van der Waals surface area (Å²) in [7, 11) is 0. The minimum atomic E-state index is 0.365. The Balaban J connectivity index is 1.72. The lowest BCUT2D eigenvalue weighted by Crippen LogP contribution is -2.36. The van der Waals surface area contributed by atoms with Gasteiger partial charge in [-0.15, -0.1) is 0 Å². The summed E-state index contributed by atoms with van der Waals surface area (Å²) in [4.78, 5) is 14.2. The minimum Gasteiger partial charge on any atom is -0.342 e. The Hall–Kier alpha value is -1.31. The maximum atomic E-state index is 12.1. The summed E-state index contributed by atoms with van der Waals surface area (Å²) in [6.07, 6.45) is 5.48. The summed E-state index contributed by atoms with van der Waals surface area (Å²) < 4.78 is 0. The molecule has 1 aromatic carbocycles. The first kappa shape index (κ1) is 10.8. The zero-order chi connectivity index (χ0) is 11.7. The fourth-order valence-electron chi connectivity index (χ4n) is 2.68. The number of fused-ring (bicyclic) bond motifs is 1. The molecule has 0 atom stereocenters. The fraction of sp³-hybridized carbons (Fsp3) is 0.533. The lowest BCUT2D eigenvalue weighted by atomic mass is 9.98. The molecule has 0 bridgehead atoms. The Morgan fingerprint density at radius 1 is 1.06 bits per heavy atom. The number of benzene rings is 1. The summed E-state index contributed by atoms with van der Waals surface area (Å²) in [5, 5.41) is 0. The molecule has 0 aromatic heterocycles. The molecule has 1 aromatic rings. The van der Waals surface area contributed by atoms with Crippen LogP contribution in [-0.4, -0.2) is 23.9 Å². The number of aryl methyl sites for hydroxylation is 1. The molecule has 1 aliphatic heterocycles. The molecule has 1 aliphatic carbocycles. The molecule has 1 heterocycles. The van der Waals surface area contributed by atoms with E-state index in [4.69, 9.17) is 0 Å². The molecule has 90 valence electrons. The van der Waals surface area contributed by atoms with Gasteiger partial charge in [0.25, 0.3) is 0 Å². The van der Waals surface area contributed by atoms with Gasteiger partial charge in [-0.1, -0.05) is 24.3 Å². The molecule has 0 spiro atoms. The maximum absolute atomic E-state index is 12.1. The van der Waals surface area contributed by atoms with Crippen LogP contribution in [0.2, 0.25) is 0 Å². The van der Waals surface area contributed by atoms with Gasteiger partial charge in [0.2, 0.25) is 5.91 Å². The van der Waals surface area contributed by atoms with Crippen LogP contribution in [0.4, 0.5) is 0 Å². The monoisotopic (exact) mass is 229 g/mol. The zero-order valence-electron chi connectivity index (χ0n) is 10.2. The highest BCUT2D eigenvalue weighted by Gasteiger charge is 2.33. The Morgan fingerprint density at radius 2 is 1.76 bits per heavy atom. The third-order valence-electron chi connectivity index (χ3n) is 3.88. The zero-order valence-corrected chi connectivity index (χ0v) is 10.2. The molecule has 2 nitrogen and oxygen atoms in total. The van der Waals surface area contributed by atoms with E-state index >= 15 is 0 Å². The van der Waals surface area contributed by atoms with E-state index in [-0.39, 0.29) is 0 Å². The van der Waals surface area contributed by atoms with E-state index in [1.54, 1.807) is 0 Å². The van der Waals surface area contributed by atoms with Crippen molar-refractivity contribution in [3.8, 4) is 0 Å². The highest BCUT2D eigenvalue weighted by molar-refractivity contribution is 5.81. The first-order chi connectivity index (χ1) is 8.34. The van der Waals surface area contributed by atoms with Crippen LogP contribution in [0.25, 0.3) is 0 Å². The van der Waals surface area contributed by atoms with E-state index in [1.807, 2.05) is 0 Å². The number of nitrogens with zero attached hydrogens (tertiary/aromatic N) is 1. The largest absolute Gasteiger partial charge is 0.342 e. The van der Waals surface area contributed by atoms with E-state index in [2.05, 4.69) is 29.2 Å². The Morgan fingerprint density at radius 3 is 2.47 bits per heavy atom. The van der Waals surface area contributed by atoms with Crippen molar-refractivity contribution in [2.75, 3.05) is 13.1 Å². The van der Waals surface area contributed by atoms with E-state index in [0.29, 0.717) is 11.8 Å². The smallest absolute Gasteiger partial charge is 0.225 e. The van der Waals surface area contributed by atoms with Gasteiger partial charge in [0.1, 0.15) is 0 Å². The highest BCUT2D eigenvalue weighted by Crippen LogP contribution is 2.31. The van der Waals surface area contributed by atoms with Crippen LogP contribution >= 0.6 is 0 Å². The van der Waals surface area contributed by atoms with Crippen LogP contribution in [0.15, 0.2) is 24.3 Å². The van der Waals surface area contributed by atoms with Crippen molar-refractivity contribution in [3.05, 3.63) is 35.4 Å². The molecular formula is C15H19NO. The molecule has 0 saturated heterocycles. The van der Waals surface area contributed by atoms with E-state index in [1.165, 1.54) is 11.1 Å². The molecular weight excluding hydrogens is 210 g/mol. The number of hydrogen-bond acceptors (Lipinski definition) is 1. The molecule has 1 fully saturated rings. The first-order valence-corrected chi connectivity index (χ1v) is 6.70. The van der Waals surface area contributed by atoms with Crippen LogP contribution in [0.1, 0.15) is 30.4 Å². The average molecular weight is 229 g/mol. The lowest BCUT2D eigenvalue weighted by molar-refractivity contribution is -0.132. The molecule has 3 rings (SSSR count). The van der Waals surface area contributed by atoms with Gasteiger partial charge in [0, 0.05) is 19.0 Å². The van der Waals surface area contributed by atoms with Gasteiger partial charge in [0.05, 0.1) is 0 Å². The average Bonchev–Trinajstić information content (AvgIpc) is 3.13. The van der Waals surface area contributed by atoms with Crippen LogP contribution in [0, 0.1) is 5.92 Å². The second-order valence-corrected chi connectivity index (χ2v) is 5.22. The maximum Gasteiger partial charge on any atom is 0.225 e. The lowest BCUT2D eigenvalue weighted by Gasteiger charge is -2.26. The Bertz CT molecular complexity index is 423. The molecule has 1 amide bonds. The van der Waals surface area contributed by atoms with Gasteiger partial charge in [-0.2, -0.15) is 0 Å². The third-order valence-corrected chi connectivity index (χ3v) is 3.88. The number of carbonyl (C=O) groups excluding carboxylic acids is 1. The molecule has 0 N–H and O–H groups in total. The summed E-state index contributed by atoms with van der Waals surface area (Å²) >= 11 is 0. The predicted octanol–water partition coefficient (Wildman–Crippen LogP) is 2.41. The Labute approximate surface area is 103 Å². The first-order valence-electron chi connectivity index (χ1n) is 6.70. The van der Waals surface area contributed by atoms with E-state index in [0.717, 1.165) is 45.2 Å². The van der Waals surface area contributed by atoms with Gasteiger partial charge in [0.15, 0.2) is 0 Å². The van der Waals surface area contributed by atoms with Crippen molar-refractivity contribution >= 4 is 5.91 Å². The van der Waals surface area contributed by atoms with Gasteiger partial charge in [-0.3, -0.25) is 4.79 Å². The molecule has 17 heavy (non-hydrogen) atoms. The van der Waals surface area contributed by atoms with Crippen molar-refractivity contribution in [2.45, 2.75) is 32.1 Å². The van der Waals surface area contributed by atoms with Gasteiger partial charge < -0.3 is 4.90 Å². The van der Waals surface area contributed by atoms with Crippen molar-refractivity contribution < 1.29 is 4.79 Å². The summed E-state index contributed by atoms with van der Waals surface area (Å²) in [5.74, 6) is 0.772. The number of hydrogen-bond donors (Lipinski definition) is 0. The van der Waals surface area contributed by atoms with Gasteiger partial charge in [-0.05, 0) is 43.2 Å². The highest BCUT2D eigenvalue weighted by atomic mass is 16.2. The van der Waals surface area contributed by atoms with Crippen molar-refractivity contribution in [1.82, 2.24) is 4.90 Å². The van der Waals surface area contributed by atoms with Gasteiger partial charge >= 0.3 is 0 Å². The molecule has 1 saturated carbocycles. The van der Waals surface area contributed by atoms with Crippen molar-refractivity contribution in [1.29, 1.82) is 0 Å². The summed E-state index contributed by atoms with van der Waals surface area (Å²) in [6.45, 7) is 1.86. The van der Waals surface area contributed by atoms with Crippen molar-refractivity contribution in [2.24, 2.45) is 5.92 Å². The van der Waals surface area contributed by atoms with E-state index in [9.17, 15) is 4.79 Å². The number of amides is 1. The Kier molecular flexibility index (Phi) is 2.87. The van der Waals surface area contributed by atoms with Gasteiger partial charge in [-0.25, -0.2) is 0 Å². The normalized spacial score (nSPS) is 20.4. The second kappa shape index (κ2) is 4.52. The second-order valence-electron chi connectivity index (χ2n) is 5.22. The minimum absolute atomic E-state index is 0.365. The topological polar surface area (TPSA) is 20.3 Å². The third kappa shape index (κ3) is 2.36. The van der Waals surface area contributed by atoms with E-state index < -0.39 is 0 Å². The van der Waals surface area contributed by atoms with Crippen LogP contribution in [0.5, 0.6) is 0 Å². The standard InChI is InChI=1S/C15H19NO/c17-15(14-7-8-14)16-10-3-6-12-4-1-2-5-13(12)9-11-16/h1-2,4-5,14H,3,6-11H2. The molecule has 0 radical (unpaired) electrons. The predicted molar refractivity (Wildman–Crippen MR) is 67.8 cm³/mol. The summed E-state index contributed by atoms with van der Waals surface area (Å²) in [5.41, 5.74) is 2.91. The van der Waals surface area contributed by atoms with Crippen LogP contribution < -0.4 is 0 Å². The van der Waals surface area contributed by atoms with Crippen LogP contribution in [0.3, 0.4) is 0 Å².